The normalized spacial score (nSPS) is 18.8. The van der Waals surface area contributed by atoms with Gasteiger partial charge in [0.15, 0.2) is 0 Å². The van der Waals surface area contributed by atoms with Gasteiger partial charge in [0.1, 0.15) is 11.4 Å². The third-order valence-corrected chi connectivity index (χ3v) is 6.00. The van der Waals surface area contributed by atoms with Crippen LogP contribution < -0.4 is 0 Å². The Morgan fingerprint density at radius 3 is 2.65 bits per heavy atom. The lowest BCUT2D eigenvalue weighted by Crippen LogP contribution is -2.58. The number of likely N-dealkylation sites (tertiary alicyclic amines) is 2. The Balaban J connectivity index is 1.25. The van der Waals surface area contributed by atoms with Gasteiger partial charge >= 0.3 is 18.2 Å². The minimum atomic E-state index is -4.61. The lowest BCUT2D eigenvalue weighted by Gasteiger charge is -2.40. The van der Waals surface area contributed by atoms with Crippen molar-refractivity contribution >= 4 is 12.0 Å². The van der Waals surface area contributed by atoms with E-state index in [0.29, 0.717) is 49.9 Å². The first-order valence-corrected chi connectivity index (χ1v) is 10.9. The van der Waals surface area contributed by atoms with Crippen molar-refractivity contribution in [3.8, 4) is 0 Å². The highest BCUT2D eigenvalue weighted by Crippen LogP contribution is 2.31. The number of amides is 2. The molecule has 0 radical (unpaired) electrons. The topological polar surface area (TPSA) is 87.8 Å². The van der Waals surface area contributed by atoms with E-state index in [-0.39, 0.29) is 36.8 Å². The molecule has 0 saturated carbocycles. The number of urea groups is 1. The van der Waals surface area contributed by atoms with E-state index < -0.39 is 23.5 Å². The average Bonchev–Trinajstić information content (AvgIpc) is 3.42. The molecule has 12 heteroatoms. The lowest BCUT2D eigenvalue weighted by atomic mass is 10.0. The number of aromatic amines is 1. The first-order valence-electron chi connectivity index (χ1n) is 10.9. The van der Waals surface area contributed by atoms with Gasteiger partial charge < -0.3 is 19.3 Å². The van der Waals surface area contributed by atoms with Gasteiger partial charge in [-0.3, -0.25) is 5.10 Å². The van der Waals surface area contributed by atoms with E-state index in [1.807, 2.05) is 0 Å². The van der Waals surface area contributed by atoms with Crippen LogP contribution in [0.2, 0.25) is 0 Å². The number of halogens is 4. The maximum Gasteiger partial charge on any atom is 0.416 e. The van der Waals surface area contributed by atoms with Crippen LogP contribution in [0.5, 0.6) is 0 Å². The Kier molecular flexibility index (Phi) is 6.78. The molecule has 34 heavy (non-hydrogen) atoms. The summed E-state index contributed by atoms with van der Waals surface area (Å²) in [4.78, 5) is 28.1. The molecule has 0 bridgehead atoms. The standard InChI is InChI=1S/C22H24F4N4O4/c1-2-33-20(31)17-8-27-28-19(17)13-5-6-29(9-13)21(32)30-10-16(11-30)34-12-14-3-4-15(7-18(14)23)22(24,25)26/h3-4,7-8,13,16H,2,5-6,9-12H2,1H3,(H,27,28). The molecular formula is C22H24F4N4O4. The Bertz CT molecular complexity index is 1050. The van der Waals surface area contributed by atoms with Gasteiger partial charge in [-0.2, -0.15) is 18.3 Å². The largest absolute Gasteiger partial charge is 0.462 e. The number of carbonyl (C=O) groups is 2. The van der Waals surface area contributed by atoms with Crippen LogP contribution in [0.25, 0.3) is 0 Å². The summed E-state index contributed by atoms with van der Waals surface area (Å²) in [5.74, 6) is -1.50. The van der Waals surface area contributed by atoms with Crippen LogP contribution >= 0.6 is 0 Å². The molecule has 1 N–H and O–H groups in total. The maximum absolute atomic E-state index is 13.9. The number of alkyl halides is 3. The minimum Gasteiger partial charge on any atom is -0.462 e. The molecule has 4 rings (SSSR count). The van der Waals surface area contributed by atoms with Gasteiger partial charge in [0.25, 0.3) is 0 Å². The second-order valence-corrected chi connectivity index (χ2v) is 8.27. The number of rotatable bonds is 6. The van der Waals surface area contributed by atoms with Crippen LogP contribution in [-0.2, 0) is 22.3 Å². The molecular weight excluding hydrogens is 460 g/mol. The predicted molar refractivity (Wildman–Crippen MR) is 110 cm³/mol. The lowest BCUT2D eigenvalue weighted by molar-refractivity contribution is -0.137. The minimum absolute atomic E-state index is 0.0251. The van der Waals surface area contributed by atoms with E-state index >= 15 is 0 Å². The van der Waals surface area contributed by atoms with Gasteiger partial charge in [-0.05, 0) is 25.5 Å². The number of hydrogen-bond acceptors (Lipinski definition) is 5. The van der Waals surface area contributed by atoms with Crippen molar-refractivity contribution in [1.82, 2.24) is 20.0 Å². The van der Waals surface area contributed by atoms with Gasteiger partial charge in [0, 0.05) is 24.6 Å². The molecule has 1 aromatic heterocycles. The van der Waals surface area contributed by atoms with Crippen molar-refractivity contribution in [2.45, 2.75) is 38.1 Å². The van der Waals surface area contributed by atoms with Crippen molar-refractivity contribution < 1.29 is 36.6 Å². The number of nitrogens with one attached hydrogen (secondary N) is 1. The van der Waals surface area contributed by atoms with Gasteiger partial charge in [-0.15, -0.1) is 0 Å². The van der Waals surface area contributed by atoms with E-state index in [1.165, 1.54) is 6.20 Å². The van der Waals surface area contributed by atoms with Crippen molar-refractivity contribution in [2.24, 2.45) is 0 Å². The van der Waals surface area contributed by atoms with Crippen molar-refractivity contribution in [1.29, 1.82) is 0 Å². The number of carbonyl (C=O) groups excluding carboxylic acids is 2. The van der Waals surface area contributed by atoms with E-state index in [4.69, 9.17) is 9.47 Å². The van der Waals surface area contributed by atoms with Crippen molar-refractivity contribution in [2.75, 3.05) is 32.8 Å². The van der Waals surface area contributed by atoms with Crippen LogP contribution in [-0.4, -0.2) is 70.9 Å². The molecule has 8 nitrogen and oxygen atoms in total. The second-order valence-electron chi connectivity index (χ2n) is 8.27. The summed E-state index contributed by atoms with van der Waals surface area (Å²) in [6, 6.07) is 2.16. The van der Waals surface area contributed by atoms with Crippen LogP contribution in [0, 0.1) is 5.82 Å². The molecule has 2 fully saturated rings. The fourth-order valence-electron chi connectivity index (χ4n) is 4.10. The van der Waals surface area contributed by atoms with Crippen LogP contribution in [0.4, 0.5) is 22.4 Å². The quantitative estimate of drug-likeness (QED) is 0.501. The molecule has 1 aromatic carbocycles. The summed E-state index contributed by atoms with van der Waals surface area (Å²) in [5, 5.41) is 6.79. The Morgan fingerprint density at radius 1 is 1.21 bits per heavy atom. The molecule has 2 amide bonds. The fourth-order valence-corrected chi connectivity index (χ4v) is 4.10. The Morgan fingerprint density at radius 2 is 1.97 bits per heavy atom. The number of benzene rings is 1. The molecule has 2 aliphatic heterocycles. The molecule has 1 atom stereocenters. The molecule has 1 unspecified atom stereocenters. The third-order valence-electron chi connectivity index (χ3n) is 6.00. The first kappa shape index (κ1) is 24.0. The zero-order valence-electron chi connectivity index (χ0n) is 18.4. The summed E-state index contributed by atoms with van der Waals surface area (Å²) in [6.07, 6.45) is -2.84. The summed E-state index contributed by atoms with van der Waals surface area (Å²) < 4.78 is 62.5. The second kappa shape index (κ2) is 9.61. The van der Waals surface area contributed by atoms with E-state index in [2.05, 4.69) is 10.2 Å². The number of H-pyrrole nitrogens is 1. The smallest absolute Gasteiger partial charge is 0.416 e. The zero-order chi connectivity index (χ0) is 24.5. The molecule has 184 valence electrons. The Labute approximate surface area is 192 Å². The zero-order valence-corrected chi connectivity index (χ0v) is 18.4. The van der Waals surface area contributed by atoms with Gasteiger partial charge in [0.05, 0.1) is 49.9 Å². The van der Waals surface area contributed by atoms with Crippen molar-refractivity contribution in [3.63, 3.8) is 0 Å². The maximum atomic E-state index is 13.9. The number of nitrogens with zero attached hydrogens (tertiary/aromatic N) is 3. The van der Waals surface area contributed by atoms with Crippen LogP contribution in [0.15, 0.2) is 24.4 Å². The van der Waals surface area contributed by atoms with Gasteiger partial charge in [-0.25, -0.2) is 14.0 Å². The average molecular weight is 484 g/mol. The Hall–Kier alpha value is -3.15. The number of ether oxygens (including phenoxy) is 2. The molecule has 2 aliphatic rings. The summed E-state index contributed by atoms with van der Waals surface area (Å²) in [7, 11) is 0. The summed E-state index contributed by atoms with van der Waals surface area (Å²) in [6.45, 7) is 3.34. The van der Waals surface area contributed by atoms with E-state index in [0.717, 1.165) is 12.1 Å². The molecule has 0 spiro atoms. The number of aromatic nitrogens is 2. The molecule has 3 heterocycles. The molecule has 0 aliphatic carbocycles. The third kappa shape index (κ3) is 5.01. The molecule has 2 saturated heterocycles. The van der Waals surface area contributed by atoms with Gasteiger partial charge in [0.2, 0.25) is 0 Å². The number of esters is 1. The molecule has 2 aromatic rings. The fraction of sp³-hybridized carbons (Fsp3) is 0.500. The van der Waals surface area contributed by atoms with E-state index in [1.54, 1.807) is 16.7 Å². The van der Waals surface area contributed by atoms with E-state index in [9.17, 15) is 27.2 Å². The summed E-state index contributed by atoms with van der Waals surface area (Å²) in [5.41, 5.74) is -0.00842. The van der Waals surface area contributed by atoms with Crippen LogP contribution in [0.1, 0.15) is 46.4 Å². The van der Waals surface area contributed by atoms with Crippen LogP contribution in [0.3, 0.4) is 0 Å². The monoisotopic (exact) mass is 484 g/mol. The number of hydrogen-bond donors (Lipinski definition) is 1. The highest BCUT2D eigenvalue weighted by atomic mass is 19.4. The van der Waals surface area contributed by atoms with Crippen molar-refractivity contribution in [3.05, 3.63) is 52.6 Å². The highest BCUT2D eigenvalue weighted by Gasteiger charge is 2.38. The SMILES string of the molecule is CCOC(=O)c1cn[nH]c1C1CCN(C(=O)N2CC(OCc3ccc(C(F)(F)F)cc3F)C2)C1. The predicted octanol–water partition coefficient (Wildman–Crippen LogP) is 3.55. The highest BCUT2D eigenvalue weighted by molar-refractivity contribution is 5.90. The summed E-state index contributed by atoms with van der Waals surface area (Å²) >= 11 is 0. The van der Waals surface area contributed by atoms with Gasteiger partial charge in [-0.1, -0.05) is 6.07 Å². The first-order chi connectivity index (χ1) is 16.2.